The van der Waals surface area contributed by atoms with E-state index in [-0.39, 0.29) is 0 Å². The number of rotatable bonds is 11. The average molecular weight is 345 g/mol. The highest BCUT2D eigenvalue weighted by atomic mass is 16.5. The zero-order valence-corrected chi connectivity index (χ0v) is 15.2. The zero-order chi connectivity index (χ0) is 18.0. The van der Waals surface area contributed by atoms with E-state index in [2.05, 4.69) is 11.8 Å². The van der Waals surface area contributed by atoms with Crippen molar-refractivity contribution in [2.75, 3.05) is 32.8 Å². The van der Waals surface area contributed by atoms with E-state index < -0.39 is 11.9 Å². The lowest BCUT2D eigenvalue weighted by Crippen LogP contribution is -2.31. The highest BCUT2D eigenvalue weighted by Gasteiger charge is 2.08. The second-order valence-corrected chi connectivity index (χ2v) is 6.25. The fourth-order valence-corrected chi connectivity index (χ4v) is 2.66. The van der Waals surface area contributed by atoms with Gasteiger partial charge in [-0.15, -0.1) is 0 Å². The summed E-state index contributed by atoms with van der Waals surface area (Å²) in [6, 6.07) is 0. The summed E-state index contributed by atoms with van der Waals surface area (Å²) in [6.07, 6.45) is 13.6. The third kappa shape index (κ3) is 15.7. The van der Waals surface area contributed by atoms with Gasteiger partial charge in [-0.2, -0.15) is 0 Å². The maximum Gasteiger partial charge on any atom is 0.414 e. The Morgan fingerprint density at radius 3 is 1.96 bits per heavy atom. The van der Waals surface area contributed by atoms with Crippen molar-refractivity contribution in [1.29, 1.82) is 0 Å². The van der Waals surface area contributed by atoms with Crippen LogP contribution in [0.1, 0.15) is 71.1 Å². The third-order valence-electron chi connectivity index (χ3n) is 4.04. The Morgan fingerprint density at radius 1 is 0.833 bits per heavy atom. The molecule has 0 aliphatic carbocycles. The molecule has 1 fully saturated rings. The summed E-state index contributed by atoms with van der Waals surface area (Å²) in [5.41, 5.74) is 0. The number of likely N-dealkylation sites (tertiary alicyclic amines) is 1. The van der Waals surface area contributed by atoms with Gasteiger partial charge in [0.25, 0.3) is 0 Å². The monoisotopic (exact) mass is 345 g/mol. The molecule has 0 bridgehead atoms. The maximum absolute atomic E-state index is 9.10. The van der Waals surface area contributed by atoms with Crippen LogP contribution in [0.3, 0.4) is 0 Å². The molecule has 24 heavy (non-hydrogen) atoms. The number of ether oxygens (including phenoxy) is 1. The number of hydrogen-bond acceptors (Lipinski definition) is 4. The van der Waals surface area contributed by atoms with Crippen molar-refractivity contribution in [3.63, 3.8) is 0 Å². The second kappa shape index (κ2) is 16.7. The van der Waals surface area contributed by atoms with Crippen molar-refractivity contribution in [1.82, 2.24) is 4.90 Å². The van der Waals surface area contributed by atoms with Crippen LogP contribution in [0, 0.1) is 0 Å². The first kappa shape index (κ1) is 22.9. The minimum Gasteiger partial charge on any atom is -0.473 e. The second-order valence-electron chi connectivity index (χ2n) is 6.25. The number of piperidine rings is 1. The molecule has 0 atom stereocenters. The largest absolute Gasteiger partial charge is 0.473 e. The van der Waals surface area contributed by atoms with Gasteiger partial charge in [-0.1, -0.05) is 45.4 Å². The van der Waals surface area contributed by atoms with Crippen LogP contribution in [0.15, 0.2) is 0 Å². The predicted molar refractivity (Wildman–Crippen MR) is 94.4 cm³/mol. The van der Waals surface area contributed by atoms with E-state index in [1.807, 2.05) is 0 Å². The van der Waals surface area contributed by atoms with E-state index >= 15 is 0 Å². The van der Waals surface area contributed by atoms with E-state index in [0.717, 1.165) is 13.2 Å². The summed E-state index contributed by atoms with van der Waals surface area (Å²) in [5.74, 6) is -3.65. The van der Waals surface area contributed by atoms with Crippen LogP contribution in [0.2, 0.25) is 0 Å². The minimum atomic E-state index is -1.82. The SMILES string of the molecule is CCCCCCCCOCCCN1CCCCC1.O=C(O)C(=O)O. The third-order valence-corrected chi connectivity index (χ3v) is 4.04. The minimum absolute atomic E-state index is 0.964. The van der Waals surface area contributed by atoms with Crippen LogP contribution in [-0.4, -0.2) is 59.9 Å². The van der Waals surface area contributed by atoms with E-state index in [9.17, 15) is 0 Å². The lowest BCUT2D eigenvalue weighted by atomic mass is 10.1. The smallest absolute Gasteiger partial charge is 0.414 e. The van der Waals surface area contributed by atoms with Crippen molar-refractivity contribution in [3.8, 4) is 0 Å². The Kier molecular flexibility index (Phi) is 15.9. The fraction of sp³-hybridized carbons (Fsp3) is 0.889. The molecule has 0 radical (unpaired) electrons. The van der Waals surface area contributed by atoms with Gasteiger partial charge in [-0.3, -0.25) is 0 Å². The predicted octanol–water partition coefficient (Wildman–Crippen LogP) is 3.40. The van der Waals surface area contributed by atoms with E-state index in [0.29, 0.717) is 0 Å². The van der Waals surface area contributed by atoms with Gasteiger partial charge >= 0.3 is 11.9 Å². The molecule has 6 nitrogen and oxygen atoms in total. The standard InChI is InChI=1S/C16H33NO.C2H2O4/c1-2-3-4-5-6-10-15-18-16-11-14-17-12-8-7-9-13-17;3-1(4)2(5)6/h2-16H2,1H3;(H,3,4)(H,5,6). The van der Waals surface area contributed by atoms with Crippen molar-refractivity contribution in [2.24, 2.45) is 0 Å². The van der Waals surface area contributed by atoms with Crippen LogP contribution in [0.4, 0.5) is 0 Å². The molecule has 1 aliphatic heterocycles. The van der Waals surface area contributed by atoms with Crippen molar-refractivity contribution in [3.05, 3.63) is 0 Å². The van der Waals surface area contributed by atoms with E-state index in [4.69, 9.17) is 24.5 Å². The highest BCUT2D eigenvalue weighted by molar-refractivity contribution is 6.27. The molecule has 1 rings (SSSR count). The lowest BCUT2D eigenvalue weighted by molar-refractivity contribution is -0.159. The highest BCUT2D eigenvalue weighted by Crippen LogP contribution is 2.09. The van der Waals surface area contributed by atoms with Gasteiger partial charge in [0.05, 0.1) is 0 Å². The quantitative estimate of drug-likeness (QED) is 0.441. The van der Waals surface area contributed by atoms with Gasteiger partial charge in [0, 0.05) is 19.8 Å². The Labute approximate surface area is 146 Å². The molecule has 2 N–H and O–H groups in total. The van der Waals surface area contributed by atoms with Crippen molar-refractivity contribution >= 4 is 11.9 Å². The van der Waals surface area contributed by atoms with Crippen molar-refractivity contribution in [2.45, 2.75) is 71.1 Å². The average Bonchev–Trinajstić information content (AvgIpc) is 2.58. The summed E-state index contributed by atoms with van der Waals surface area (Å²) >= 11 is 0. The Hall–Kier alpha value is -1.14. The number of carbonyl (C=O) groups is 2. The zero-order valence-electron chi connectivity index (χ0n) is 15.2. The molecule has 0 aromatic heterocycles. The first-order valence-electron chi connectivity index (χ1n) is 9.34. The molecule has 1 aliphatic rings. The van der Waals surface area contributed by atoms with E-state index in [1.54, 1.807) is 0 Å². The molecule has 6 heteroatoms. The Bertz CT molecular complexity index is 305. The van der Waals surface area contributed by atoms with Gasteiger partial charge in [0.15, 0.2) is 0 Å². The summed E-state index contributed by atoms with van der Waals surface area (Å²) < 4.78 is 5.70. The van der Waals surface area contributed by atoms with E-state index in [1.165, 1.54) is 83.8 Å². The van der Waals surface area contributed by atoms with Gasteiger partial charge < -0.3 is 19.8 Å². The molecule has 0 unspecified atom stereocenters. The number of hydrogen-bond donors (Lipinski definition) is 2. The Morgan fingerprint density at radius 2 is 1.38 bits per heavy atom. The molecule has 0 amide bonds. The van der Waals surface area contributed by atoms with Crippen LogP contribution in [0.5, 0.6) is 0 Å². The molecule has 0 aromatic rings. The fourth-order valence-electron chi connectivity index (χ4n) is 2.66. The summed E-state index contributed by atoms with van der Waals surface area (Å²) in [6.45, 7) is 8.09. The van der Waals surface area contributed by atoms with Gasteiger partial charge in [-0.25, -0.2) is 9.59 Å². The van der Waals surface area contributed by atoms with Crippen LogP contribution in [0.25, 0.3) is 0 Å². The van der Waals surface area contributed by atoms with Gasteiger partial charge in [0.2, 0.25) is 0 Å². The maximum atomic E-state index is 9.10. The number of nitrogens with zero attached hydrogens (tertiary/aromatic N) is 1. The summed E-state index contributed by atoms with van der Waals surface area (Å²) in [7, 11) is 0. The molecular weight excluding hydrogens is 310 g/mol. The van der Waals surface area contributed by atoms with Crippen molar-refractivity contribution < 1.29 is 24.5 Å². The first-order chi connectivity index (χ1) is 11.6. The number of unbranched alkanes of at least 4 members (excludes halogenated alkanes) is 5. The number of aliphatic carboxylic acids is 2. The molecule has 1 saturated heterocycles. The Balaban J connectivity index is 0.000000754. The first-order valence-corrected chi connectivity index (χ1v) is 9.34. The van der Waals surface area contributed by atoms with Gasteiger partial charge in [-0.05, 0) is 38.8 Å². The lowest BCUT2D eigenvalue weighted by Gasteiger charge is -2.26. The van der Waals surface area contributed by atoms with Crippen LogP contribution < -0.4 is 0 Å². The molecule has 142 valence electrons. The van der Waals surface area contributed by atoms with Crippen LogP contribution >= 0.6 is 0 Å². The molecule has 0 saturated carbocycles. The number of carboxylic acid groups (broad SMARTS) is 2. The normalized spacial score (nSPS) is 14.7. The molecular formula is C18H35NO5. The molecule has 0 aromatic carbocycles. The van der Waals surface area contributed by atoms with Gasteiger partial charge in [0.1, 0.15) is 0 Å². The topological polar surface area (TPSA) is 87.1 Å². The summed E-state index contributed by atoms with van der Waals surface area (Å²) in [4.78, 5) is 20.8. The summed E-state index contributed by atoms with van der Waals surface area (Å²) in [5, 5.41) is 14.8. The molecule has 1 heterocycles. The molecule has 0 spiro atoms. The number of carboxylic acids is 2. The van der Waals surface area contributed by atoms with Crippen LogP contribution in [-0.2, 0) is 14.3 Å².